The van der Waals surface area contributed by atoms with Crippen LogP contribution in [0.2, 0.25) is 0 Å². The van der Waals surface area contributed by atoms with Gasteiger partial charge in [0.2, 0.25) is 0 Å². The second kappa shape index (κ2) is 9.09. The Morgan fingerprint density at radius 1 is 1.15 bits per heavy atom. The van der Waals surface area contributed by atoms with E-state index in [4.69, 9.17) is 0 Å². The summed E-state index contributed by atoms with van der Waals surface area (Å²) >= 11 is 0. The van der Waals surface area contributed by atoms with Gasteiger partial charge in [-0.1, -0.05) is 19.4 Å². The Labute approximate surface area is 124 Å². The lowest BCUT2D eigenvalue weighted by Crippen LogP contribution is -2.36. The van der Waals surface area contributed by atoms with Gasteiger partial charge in [-0.2, -0.15) is 0 Å². The van der Waals surface area contributed by atoms with Gasteiger partial charge in [0, 0.05) is 18.3 Å². The molecule has 1 aromatic heterocycles. The summed E-state index contributed by atoms with van der Waals surface area (Å²) in [5, 5.41) is 3.54. The molecule has 0 fully saturated rings. The van der Waals surface area contributed by atoms with E-state index in [0.717, 1.165) is 19.6 Å². The van der Waals surface area contributed by atoms with E-state index in [1.54, 1.807) is 0 Å². The minimum atomic E-state index is 0.244. The van der Waals surface area contributed by atoms with Crippen molar-refractivity contribution in [2.24, 2.45) is 0 Å². The maximum Gasteiger partial charge on any atom is 0.0543 e. The van der Waals surface area contributed by atoms with Gasteiger partial charge in [-0.05, 0) is 65.4 Å². The summed E-state index contributed by atoms with van der Waals surface area (Å²) in [5.74, 6) is 0. The zero-order valence-corrected chi connectivity index (χ0v) is 13.7. The Bertz CT molecular complexity index is 343. The van der Waals surface area contributed by atoms with Gasteiger partial charge in [0.1, 0.15) is 0 Å². The quantitative estimate of drug-likeness (QED) is 0.701. The minimum absolute atomic E-state index is 0.244. The summed E-state index contributed by atoms with van der Waals surface area (Å²) in [6.07, 6.45) is 5.70. The summed E-state index contributed by atoms with van der Waals surface area (Å²) in [7, 11) is 0. The lowest BCUT2D eigenvalue weighted by molar-refractivity contribution is 0.269. The van der Waals surface area contributed by atoms with Gasteiger partial charge < -0.3 is 5.32 Å². The van der Waals surface area contributed by atoms with Gasteiger partial charge in [-0.3, -0.25) is 9.88 Å². The van der Waals surface area contributed by atoms with Crippen molar-refractivity contribution < 1.29 is 0 Å². The van der Waals surface area contributed by atoms with Crippen LogP contribution in [-0.2, 0) is 6.54 Å². The monoisotopic (exact) mass is 277 g/mol. The third-order valence-electron chi connectivity index (χ3n) is 3.37. The topological polar surface area (TPSA) is 28.2 Å². The first kappa shape index (κ1) is 17.1. The molecule has 1 N–H and O–H groups in total. The number of rotatable bonds is 9. The molecule has 0 atom stereocenters. The molecule has 114 valence electrons. The van der Waals surface area contributed by atoms with Crippen LogP contribution < -0.4 is 5.32 Å². The highest BCUT2D eigenvalue weighted by Crippen LogP contribution is 2.05. The summed E-state index contributed by atoms with van der Waals surface area (Å²) in [5.41, 5.74) is 1.41. The lowest BCUT2D eigenvalue weighted by atomic mass is 10.1. The van der Waals surface area contributed by atoms with Crippen LogP contribution in [0.5, 0.6) is 0 Å². The third-order valence-corrected chi connectivity index (χ3v) is 3.37. The molecule has 0 aliphatic carbocycles. The van der Waals surface area contributed by atoms with Gasteiger partial charge in [0.05, 0.1) is 5.69 Å². The molecule has 0 aliphatic heterocycles. The van der Waals surface area contributed by atoms with Gasteiger partial charge >= 0.3 is 0 Å². The molecule has 0 saturated carbocycles. The summed E-state index contributed by atoms with van der Waals surface area (Å²) in [4.78, 5) is 6.87. The molecule has 0 radical (unpaired) electrons. The maximum atomic E-state index is 4.40. The van der Waals surface area contributed by atoms with Crippen molar-refractivity contribution in [2.75, 3.05) is 19.6 Å². The van der Waals surface area contributed by atoms with E-state index in [0.29, 0.717) is 0 Å². The first-order valence-corrected chi connectivity index (χ1v) is 7.88. The summed E-state index contributed by atoms with van der Waals surface area (Å²) in [6.45, 7) is 13.2. The fraction of sp³-hybridized carbons (Fsp3) is 0.706. The molecular formula is C17H31N3. The second-order valence-electron chi connectivity index (χ2n) is 6.43. The molecule has 0 aromatic carbocycles. The van der Waals surface area contributed by atoms with Gasteiger partial charge in [-0.15, -0.1) is 0 Å². The Morgan fingerprint density at radius 2 is 1.95 bits per heavy atom. The molecule has 3 heteroatoms. The Hall–Kier alpha value is -0.930. The SMILES string of the molecule is CCN(CCCCCNC(C)(C)C)Cc1ccccn1. The van der Waals surface area contributed by atoms with Crippen LogP contribution in [0.15, 0.2) is 24.4 Å². The maximum absolute atomic E-state index is 4.40. The molecule has 0 bridgehead atoms. The Morgan fingerprint density at radius 3 is 2.55 bits per heavy atom. The van der Waals surface area contributed by atoms with Crippen molar-refractivity contribution in [1.82, 2.24) is 15.2 Å². The zero-order chi connectivity index (χ0) is 14.8. The molecule has 0 saturated heterocycles. The molecular weight excluding hydrogens is 246 g/mol. The number of hydrogen-bond donors (Lipinski definition) is 1. The lowest BCUT2D eigenvalue weighted by Gasteiger charge is -2.21. The predicted molar refractivity (Wildman–Crippen MR) is 86.8 cm³/mol. The van der Waals surface area contributed by atoms with Crippen molar-refractivity contribution in [3.63, 3.8) is 0 Å². The van der Waals surface area contributed by atoms with Gasteiger partial charge in [-0.25, -0.2) is 0 Å². The summed E-state index contributed by atoms with van der Waals surface area (Å²) < 4.78 is 0. The average molecular weight is 277 g/mol. The van der Waals surface area contributed by atoms with E-state index in [-0.39, 0.29) is 5.54 Å². The van der Waals surface area contributed by atoms with E-state index < -0.39 is 0 Å². The predicted octanol–water partition coefficient (Wildman–Crippen LogP) is 3.46. The van der Waals surface area contributed by atoms with Crippen LogP contribution in [0.3, 0.4) is 0 Å². The largest absolute Gasteiger partial charge is 0.312 e. The fourth-order valence-corrected chi connectivity index (χ4v) is 2.17. The molecule has 1 heterocycles. The number of aromatic nitrogens is 1. The third kappa shape index (κ3) is 8.28. The fourth-order valence-electron chi connectivity index (χ4n) is 2.17. The van der Waals surface area contributed by atoms with E-state index in [2.05, 4.69) is 55.0 Å². The average Bonchev–Trinajstić information content (AvgIpc) is 2.41. The molecule has 20 heavy (non-hydrogen) atoms. The zero-order valence-electron chi connectivity index (χ0n) is 13.7. The summed E-state index contributed by atoms with van der Waals surface area (Å²) in [6, 6.07) is 6.15. The molecule has 0 unspecified atom stereocenters. The van der Waals surface area contributed by atoms with E-state index >= 15 is 0 Å². The van der Waals surface area contributed by atoms with Crippen molar-refractivity contribution >= 4 is 0 Å². The number of hydrogen-bond acceptors (Lipinski definition) is 3. The van der Waals surface area contributed by atoms with Crippen LogP contribution in [0.4, 0.5) is 0 Å². The van der Waals surface area contributed by atoms with Gasteiger partial charge in [0.25, 0.3) is 0 Å². The highest BCUT2D eigenvalue weighted by molar-refractivity contribution is 5.03. The highest BCUT2D eigenvalue weighted by atomic mass is 15.1. The van der Waals surface area contributed by atoms with E-state index in [1.165, 1.54) is 31.5 Å². The van der Waals surface area contributed by atoms with Crippen LogP contribution in [0, 0.1) is 0 Å². The smallest absolute Gasteiger partial charge is 0.0543 e. The molecule has 0 amide bonds. The number of pyridine rings is 1. The van der Waals surface area contributed by atoms with Crippen LogP contribution in [0.25, 0.3) is 0 Å². The van der Waals surface area contributed by atoms with Gasteiger partial charge in [0.15, 0.2) is 0 Å². The minimum Gasteiger partial charge on any atom is -0.312 e. The number of unbranched alkanes of at least 4 members (excludes halogenated alkanes) is 2. The first-order valence-electron chi connectivity index (χ1n) is 7.88. The Balaban J connectivity index is 2.13. The van der Waals surface area contributed by atoms with Crippen LogP contribution in [0.1, 0.15) is 52.7 Å². The second-order valence-corrected chi connectivity index (χ2v) is 6.43. The number of nitrogens with one attached hydrogen (secondary N) is 1. The molecule has 0 spiro atoms. The van der Waals surface area contributed by atoms with Crippen LogP contribution in [-0.4, -0.2) is 35.1 Å². The van der Waals surface area contributed by atoms with E-state index in [9.17, 15) is 0 Å². The molecule has 3 nitrogen and oxygen atoms in total. The van der Waals surface area contributed by atoms with Crippen molar-refractivity contribution in [3.05, 3.63) is 30.1 Å². The normalized spacial score (nSPS) is 12.1. The van der Waals surface area contributed by atoms with Crippen molar-refractivity contribution in [2.45, 2.75) is 59.0 Å². The molecule has 1 aromatic rings. The molecule has 0 aliphatic rings. The number of nitrogens with zero attached hydrogens (tertiary/aromatic N) is 2. The first-order chi connectivity index (χ1) is 9.51. The van der Waals surface area contributed by atoms with Crippen molar-refractivity contribution in [1.29, 1.82) is 0 Å². The van der Waals surface area contributed by atoms with Crippen LogP contribution >= 0.6 is 0 Å². The Kier molecular flexibility index (Phi) is 7.78. The highest BCUT2D eigenvalue weighted by Gasteiger charge is 2.07. The van der Waals surface area contributed by atoms with E-state index in [1.807, 2.05) is 12.3 Å². The molecule has 1 rings (SSSR count). The van der Waals surface area contributed by atoms with Crippen molar-refractivity contribution in [3.8, 4) is 0 Å². The standard InChI is InChI=1S/C17H31N3/c1-5-20(15-16-11-7-9-12-18-16)14-10-6-8-13-19-17(2,3)4/h7,9,11-12,19H,5-6,8,10,13-15H2,1-4H3.